The fraction of sp³-hybridized carbons (Fsp3) is 1.00. The molecule has 0 aromatic rings. The zero-order chi connectivity index (χ0) is 14.0. The number of nitrogens with zero attached hydrogens (tertiary/aromatic N) is 1. The second-order valence-corrected chi connectivity index (χ2v) is 6.69. The van der Waals surface area contributed by atoms with Gasteiger partial charge in [0.1, 0.15) is 0 Å². The van der Waals surface area contributed by atoms with Crippen molar-refractivity contribution in [3.05, 3.63) is 0 Å². The van der Waals surface area contributed by atoms with E-state index >= 15 is 0 Å². The Hall–Kier alpha value is -0.0800. The Balaban J connectivity index is 3.43. The van der Waals surface area contributed by atoms with Gasteiger partial charge in [0, 0.05) is 6.04 Å². The van der Waals surface area contributed by atoms with Crippen molar-refractivity contribution in [2.75, 3.05) is 26.7 Å². The van der Waals surface area contributed by atoms with E-state index in [4.69, 9.17) is 0 Å². The average molecular weight is 256 g/mol. The van der Waals surface area contributed by atoms with Gasteiger partial charge >= 0.3 is 0 Å². The maximum atomic E-state index is 3.46. The molecule has 2 nitrogen and oxygen atoms in total. The van der Waals surface area contributed by atoms with Gasteiger partial charge in [0.05, 0.1) is 0 Å². The first-order valence-electron chi connectivity index (χ1n) is 7.80. The van der Waals surface area contributed by atoms with Gasteiger partial charge < -0.3 is 10.2 Å². The largest absolute Gasteiger partial charge is 0.317 e. The molecule has 0 spiro atoms. The highest BCUT2D eigenvalue weighted by Crippen LogP contribution is 2.23. The van der Waals surface area contributed by atoms with Gasteiger partial charge in [-0.2, -0.15) is 0 Å². The standard InChI is InChI=1S/C16H36N2/c1-7-12-17-13-10-8-9-11-14-18(6)15(2)16(3,4)5/h15,17H,7-14H2,1-6H3. The molecule has 0 aliphatic heterocycles. The van der Waals surface area contributed by atoms with Gasteiger partial charge in [-0.1, -0.05) is 40.5 Å². The monoisotopic (exact) mass is 256 g/mol. The summed E-state index contributed by atoms with van der Waals surface area (Å²) in [5.74, 6) is 0. The lowest BCUT2D eigenvalue weighted by atomic mass is 9.87. The average Bonchev–Trinajstić information content (AvgIpc) is 2.30. The number of rotatable bonds is 10. The zero-order valence-corrected chi connectivity index (χ0v) is 13.7. The summed E-state index contributed by atoms with van der Waals surface area (Å²) in [4.78, 5) is 2.51. The number of hydrogen-bond acceptors (Lipinski definition) is 2. The first-order valence-corrected chi connectivity index (χ1v) is 7.80. The Morgan fingerprint density at radius 2 is 1.61 bits per heavy atom. The minimum atomic E-state index is 0.388. The summed E-state index contributed by atoms with van der Waals surface area (Å²) in [6.07, 6.45) is 6.65. The van der Waals surface area contributed by atoms with E-state index in [0.717, 1.165) is 0 Å². The molecule has 1 N–H and O–H groups in total. The fourth-order valence-electron chi connectivity index (χ4n) is 2.12. The minimum absolute atomic E-state index is 0.388. The van der Waals surface area contributed by atoms with Crippen molar-refractivity contribution in [1.82, 2.24) is 10.2 Å². The lowest BCUT2D eigenvalue weighted by Crippen LogP contribution is -2.39. The third-order valence-corrected chi connectivity index (χ3v) is 3.96. The van der Waals surface area contributed by atoms with Crippen LogP contribution in [-0.2, 0) is 0 Å². The Morgan fingerprint density at radius 1 is 1.00 bits per heavy atom. The predicted molar refractivity (Wildman–Crippen MR) is 83.2 cm³/mol. The molecular formula is C16H36N2. The molecule has 1 atom stereocenters. The summed E-state index contributed by atoms with van der Waals surface area (Å²) in [5, 5.41) is 3.46. The van der Waals surface area contributed by atoms with E-state index in [2.05, 4.69) is 51.9 Å². The first kappa shape index (κ1) is 17.9. The van der Waals surface area contributed by atoms with Crippen LogP contribution >= 0.6 is 0 Å². The van der Waals surface area contributed by atoms with Crippen LogP contribution < -0.4 is 5.32 Å². The molecule has 0 saturated heterocycles. The molecule has 0 aromatic carbocycles. The Bertz CT molecular complexity index is 184. The third-order valence-electron chi connectivity index (χ3n) is 3.96. The van der Waals surface area contributed by atoms with Crippen LogP contribution in [0.4, 0.5) is 0 Å². The molecule has 0 aliphatic rings. The third kappa shape index (κ3) is 8.93. The normalized spacial score (nSPS) is 14.2. The van der Waals surface area contributed by atoms with Gasteiger partial charge in [-0.25, -0.2) is 0 Å². The van der Waals surface area contributed by atoms with Crippen LogP contribution in [0, 0.1) is 5.41 Å². The van der Waals surface area contributed by atoms with Crippen molar-refractivity contribution in [1.29, 1.82) is 0 Å². The quantitative estimate of drug-likeness (QED) is 0.596. The molecule has 0 aromatic heterocycles. The second-order valence-electron chi connectivity index (χ2n) is 6.69. The Kier molecular flexibility index (Phi) is 9.76. The van der Waals surface area contributed by atoms with Crippen LogP contribution in [0.15, 0.2) is 0 Å². The molecule has 0 bridgehead atoms. The van der Waals surface area contributed by atoms with E-state index in [0.29, 0.717) is 11.5 Å². The maximum Gasteiger partial charge on any atom is 0.0112 e. The van der Waals surface area contributed by atoms with Crippen LogP contribution in [-0.4, -0.2) is 37.6 Å². The lowest BCUT2D eigenvalue weighted by molar-refractivity contribution is 0.139. The summed E-state index contributed by atoms with van der Waals surface area (Å²) in [6.45, 7) is 15.2. The van der Waals surface area contributed by atoms with Crippen molar-refractivity contribution < 1.29 is 0 Å². The molecular weight excluding hydrogens is 220 g/mol. The highest BCUT2D eigenvalue weighted by molar-refractivity contribution is 4.77. The van der Waals surface area contributed by atoms with Gasteiger partial charge in [-0.3, -0.25) is 0 Å². The van der Waals surface area contributed by atoms with Crippen LogP contribution in [0.2, 0.25) is 0 Å². The van der Waals surface area contributed by atoms with Gasteiger partial charge in [0.15, 0.2) is 0 Å². The molecule has 0 fully saturated rings. The molecule has 0 heterocycles. The van der Waals surface area contributed by atoms with E-state index in [-0.39, 0.29) is 0 Å². The molecule has 0 aliphatic carbocycles. The lowest BCUT2D eigenvalue weighted by Gasteiger charge is -2.35. The summed E-state index contributed by atoms with van der Waals surface area (Å²) in [6, 6.07) is 0.656. The second kappa shape index (κ2) is 9.80. The molecule has 0 amide bonds. The van der Waals surface area contributed by atoms with Crippen molar-refractivity contribution in [3.63, 3.8) is 0 Å². The summed E-state index contributed by atoms with van der Waals surface area (Å²) in [5.41, 5.74) is 0.388. The van der Waals surface area contributed by atoms with Crippen molar-refractivity contribution in [2.45, 2.75) is 72.8 Å². The van der Waals surface area contributed by atoms with Gasteiger partial charge in [-0.05, 0) is 58.3 Å². The fourth-order valence-corrected chi connectivity index (χ4v) is 2.12. The highest BCUT2D eigenvalue weighted by atomic mass is 15.1. The van der Waals surface area contributed by atoms with E-state index in [1.165, 1.54) is 51.7 Å². The summed E-state index contributed by atoms with van der Waals surface area (Å²) < 4.78 is 0. The highest BCUT2D eigenvalue weighted by Gasteiger charge is 2.23. The number of unbranched alkanes of at least 4 members (excludes halogenated alkanes) is 3. The molecule has 110 valence electrons. The van der Waals surface area contributed by atoms with Gasteiger partial charge in [0.25, 0.3) is 0 Å². The van der Waals surface area contributed by atoms with Crippen LogP contribution in [0.25, 0.3) is 0 Å². The smallest absolute Gasteiger partial charge is 0.0112 e. The van der Waals surface area contributed by atoms with Gasteiger partial charge in [0.2, 0.25) is 0 Å². The van der Waals surface area contributed by atoms with Crippen LogP contribution in [0.3, 0.4) is 0 Å². The molecule has 0 rings (SSSR count). The van der Waals surface area contributed by atoms with Crippen LogP contribution in [0.5, 0.6) is 0 Å². The van der Waals surface area contributed by atoms with E-state index in [9.17, 15) is 0 Å². The predicted octanol–water partition coefficient (Wildman–Crippen LogP) is 3.91. The van der Waals surface area contributed by atoms with Crippen molar-refractivity contribution in [3.8, 4) is 0 Å². The Labute approximate surface area is 116 Å². The molecule has 18 heavy (non-hydrogen) atoms. The van der Waals surface area contributed by atoms with Gasteiger partial charge in [-0.15, -0.1) is 0 Å². The topological polar surface area (TPSA) is 15.3 Å². The molecule has 2 heteroatoms. The van der Waals surface area contributed by atoms with E-state index in [1.54, 1.807) is 0 Å². The van der Waals surface area contributed by atoms with E-state index < -0.39 is 0 Å². The molecule has 0 saturated carbocycles. The van der Waals surface area contributed by atoms with E-state index in [1.807, 2.05) is 0 Å². The summed E-state index contributed by atoms with van der Waals surface area (Å²) >= 11 is 0. The zero-order valence-electron chi connectivity index (χ0n) is 13.7. The number of nitrogens with one attached hydrogen (secondary N) is 1. The Morgan fingerprint density at radius 3 is 2.17 bits per heavy atom. The molecule has 0 radical (unpaired) electrons. The molecule has 1 unspecified atom stereocenters. The maximum absolute atomic E-state index is 3.46. The van der Waals surface area contributed by atoms with Crippen LogP contribution in [0.1, 0.15) is 66.7 Å². The first-order chi connectivity index (χ1) is 8.39. The minimum Gasteiger partial charge on any atom is -0.317 e. The summed E-state index contributed by atoms with van der Waals surface area (Å²) in [7, 11) is 2.26. The van der Waals surface area contributed by atoms with Crippen molar-refractivity contribution in [2.24, 2.45) is 5.41 Å². The number of hydrogen-bond donors (Lipinski definition) is 1. The SMILES string of the molecule is CCCNCCCCCCN(C)C(C)C(C)(C)C. The van der Waals surface area contributed by atoms with Crippen molar-refractivity contribution >= 4 is 0 Å².